The van der Waals surface area contributed by atoms with Gasteiger partial charge in [0.05, 0.1) is 16.1 Å². The second kappa shape index (κ2) is 4.58. The number of hydrogen-bond acceptors (Lipinski definition) is 3. The number of rotatable bonds is 3. The summed E-state index contributed by atoms with van der Waals surface area (Å²) in [5, 5.41) is 0. The summed E-state index contributed by atoms with van der Waals surface area (Å²) in [6.07, 6.45) is 0.462. The van der Waals surface area contributed by atoms with Crippen molar-refractivity contribution in [3.05, 3.63) is 51.5 Å². The van der Waals surface area contributed by atoms with E-state index in [1.165, 1.54) is 16.9 Å². The van der Waals surface area contributed by atoms with Crippen LogP contribution in [0, 0.1) is 13.8 Å². The molecule has 0 aliphatic carbocycles. The highest BCUT2D eigenvalue weighted by Crippen LogP contribution is 2.15. The Morgan fingerprint density at radius 2 is 1.94 bits per heavy atom. The quantitative estimate of drug-likeness (QED) is 0.759. The Morgan fingerprint density at radius 1 is 1.25 bits per heavy atom. The number of carbonyl (C=O) groups is 1. The van der Waals surface area contributed by atoms with Crippen molar-refractivity contribution in [1.82, 2.24) is 4.98 Å². The summed E-state index contributed by atoms with van der Waals surface area (Å²) >= 11 is 1.42. The summed E-state index contributed by atoms with van der Waals surface area (Å²) < 4.78 is 0. The molecule has 0 saturated carbocycles. The van der Waals surface area contributed by atoms with Crippen LogP contribution in [0.25, 0.3) is 0 Å². The maximum atomic E-state index is 12.0. The lowest BCUT2D eigenvalue weighted by molar-refractivity contribution is 0.0996. The number of Topliss-reactive ketones (excluding diaryl/α,β-unsaturated/α-hetero) is 1. The van der Waals surface area contributed by atoms with Gasteiger partial charge < -0.3 is 0 Å². The summed E-state index contributed by atoms with van der Waals surface area (Å²) in [6, 6.07) is 8.07. The van der Waals surface area contributed by atoms with Gasteiger partial charge in [-0.2, -0.15) is 0 Å². The molecule has 0 fully saturated rings. The van der Waals surface area contributed by atoms with Gasteiger partial charge in [-0.3, -0.25) is 4.79 Å². The number of thiazole rings is 1. The first kappa shape index (κ1) is 11.0. The third kappa shape index (κ3) is 2.36. The highest BCUT2D eigenvalue weighted by atomic mass is 32.1. The van der Waals surface area contributed by atoms with Crippen LogP contribution in [0.15, 0.2) is 29.8 Å². The van der Waals surface area contributed by atoms with E-state index in [-0.39, 0.29) is 5.78 Å². The standard InChI is InChI=1S/C13H13NOS/c1-9-3-5-11(6-4-9)7-12(15)13-10(2)14-8-16-13/h3-6,8H,7H2,1-2H3. The summed E-state index contributed by atoms with van der Waals surface area (Å²) in [4.78, 5) is 16.8. The van der Waals surface area contributed by atoms with Crippen molar-refractivity contribution in [3.63, 3.8) is 0 Å². The molecule has 0 saturated heterocycles. The van der Waals surface area contributed by atoms with E-state index in [2.05, 4.69) is 4.98 Å². The van der Waals surface area contributed by atoms with Crippen LogP contribution in [0.4, 0.5) is 0 Å². The third-order valence-corrected chi connectivity index (χ3v) is 3.45. The molecule has 0 aliphatic heterocycles. The largest absolute Gasteiger partial charge is 0.293 e. The van der Waals surface area contributed by atoms with Gasteiger partial charge in [0.15, 0.2) is 5.78 Å². The van der Waals surface area contributed by atoms with Crippen molar-refractivity contribution in [2.45, 2.75) is 20.3 Å². The molecular weight excluding hydrogens is 218 g/mol. The van der Waals surface area contributed by atoms with Gasteiger partial charge >= 0.3 is 0 Å². The maximum absolute atomic E-state index is 12.0. The van der Waals surface area contributed by atoms with Crippen LogP contribution >= 0.6 is 11.3 Å². The van der Waals surface area contributed by atoms with E-state index < -0.39 is 0 Å². The molecule has 2 rings (SSSR count). The molecule has 0 spiro atoms. The average molecular weight is 231 g/mol. The fourth-order valence-corrected chi connectivity index (χ4v) is 2.28. The minimum absolute atomic E-state index is 0.156. The Morgan fingerprint density at radius 3 is 2.50 bits per heavy atom. The van der Waals surface area contributed by atoms with Gasteiger partial charge in [-0.25, -0.2) is 4.98 Å². The number of hydrogen-bond donors (Lipinski definition) is 0. The summed E-state index contributed by atoms with van der Waals surface area (Å²) in [7, 11) is 0. The monoisotopic (exact) mass is 231 g/mol. The lowest BCUT2D eigenvalue weighted by Gasteiger charge is -2.00. The van der Waals surface area contributed by atoms with Gasteiger partial charge in [0.25, 0.3) is 0 Å². The lowest BCUT2D eigenvalue weighted by Crippen LogP contribution is -2.03. The summed E-state index contributed by atoms with van der Waals surface area (Å²) in [6.45, 7) is 3.91. The molecule has 1 aromatic carbocycles. The molecular formula is C13H13NOS. The highest BCUT2D eigenvalue weighted by Gasteiger charge is 2.11. The normalized spacial score (nSPS) is 10.4. The van der Waals surface area contributed by atoms with Crippen LogP contribution in [-0.4, -0.2) is 10.8 Å². The molecule has 0 atom stereocenters. The van der Waals surface area contributed by atoms with Crippen LogP contribution in [0.3, 0.4) is 0 Å². The van der Waals surface area contributed by atoms with Crippen LogP contribution in [0.1, 0.15) is 26.5 Å². The first-order valence-corrected chi connectivity index (χ1v) is 6.03. The Kier molecular flexibility index (Phi) is 3.15. The van der Waals surface area contributed by atoms with Gasteiger partial charge in [0.2, 0.25) is 0 Å². The predicted octanol–water partition coefficient (Wildman–Crippen LogP) is 3.19. The topological polar surface area (TPSA) is 30.0 Å². The summed E-state index contributed by atoms with van der Waals surface area (Å²) in [5.41, 5.74) is 4.83. The Balaban J connectivity index is 2.14. The average Bonchev–Trinajstić information content (AvgIpc) is 2.68. The first-order valence-electron chi connectivity index (χ1n) is 5.15. The van der Waals surface area contributed by atoms with Crippen LogP contribution in [0.5, 0.6) is 0 Å². The minimum Gasteiger partial charge on any atom is -0.293 e. The van der Waals surface area contributed by atoms with Gasteiger partial charge in [0, 0.05) is 6.42 Å². The molecule has 16 heavy (non-hydrogen) atoms. The fourth-order valence-electron chi connectivity index (χ4n) is 1.54. The summed E-state index contributed by atoms with van der Waals surface area (Å²) in [5.74, 6) is 0.156. The van der Waals surface area contributed by atoms with Crippen LogP contribution in [0.2, 0.25) is 0 Å². The van der Waals surface area contributed by atoms with E-state index >= 15 is 0 Å². The Hall–Kier alpha value is -1.48. The van der Waals surface area contributed by atoms with E-state index in [1.54, 1.807) is 5.51 Å². The van der Waals surface area contributed by atoms with Gasteiger partial charge in [-0.15, -0.1) is 11.3 Å². The number of ketones is 1. The number of carbonyl (C=O) groups excluding carboxylic acids is 1. The van der Waals surface area contributed by atoms with Crippen LogP contribution < -0.4 is 0 Å². The zero-order valence-electron chi connectivity index (χ0n) is 9.36. The minimum atomic E-state index is 0.156. The molecule has 3 heteroatoms. The predicted molar refractivity (Wildman–Crippen MR) is 66.1 cm³/mol. The highest BCUT2D eigenvalue weighted by molar-refractivity contribution is 7.11. The third-order valence-electron chi connectivity index (χ3n) is 2.48. The van der Waals surface area contributed by atoms with Gasteiger partial charge in [0.1, 0.15) is 0 Å². The molecule has 0 radical (unpaired) electrons. The Bertz CT molecular complexity index is 499. The van der Waals surface area contributed by atoms with Crippen molar-refractivity contribution < 1.29 is 4.79 Å². The molecule has 0 unspecified atom stereocenters. The van der Waals surface area contributed by atoms with Crippen LogP contribution in [-0.2, 0) is 6.42 Å². The zero-order valence-corrected chi connectivity index (χ0v) is 10.2. The molecule has 2 nitrogen and oxygen atoms in total. The molecule has 1 aromatic heterocycles. The fraction of sp³-hybridized carbons (Fsp3) is 0.231. The van der Waals surface area contributed by atoms with E-state index in [1.807, 2.05) is 38.1 Å². The van der Waals surface area contributed by atoms with Crippen molar-refractivity contribution in [1.29, 1.82) is 0 Å². The first-order chi connectivity index (χ1) is 7.66. The Labute approximate surface area is 99.0 Å². The molecule has 1 heterocycles. The van der Waals surface area contributed by atoms with Crippen molar-refractivity contribution in [2.24, 2.45) is 0 Å². The number of aryl methyl sites for hydroxylation is 2. The van der Waals surface area contributed by atoms with E-state index in [0.717, 1.165) is 16.1 Å². The molecule has 82 valence electrons. The van der Waals surface area contributed by atoms with E-state index in [0.29, 0.717) is 6.42 Å². The smallest absolute Gasteiger partial charge is 0.179 e. The number of aromatic nitrogens is 1. The zero-order chi connectivity index (χ0) is 11.5. The van der Waals surface area contributed by atoms with E-state index in [4.69, 9.17) is 0 Å². The SMILES string of the molecule is Cc1ccc(CC(=O)c2scnc2C)cc1. The molecule has 0 N–H and O–H groups in total. The van der Waals surface area contributed by atoms with Crippen molar-refractivity contribution >= 4 is 17.1 Å². The van der Waals surface area contributed by atoms with Crippen molar-refractivity contribution in [2.75, 3.05) is 0 Å². The van der Waals surface area contributed by atoms with E-state index in [9.17, 15) is 4.79 Å². The molecule has 0 amide bonds. The van der Waals surface area contributed by atoms with Crippen molar-refractivity contribution in [3.8, 4) is 0 Å². The molecule has 2 aromatic rings. The van der Waals surface area contributed by atoms with Gasteiger partial charge in [-0.1, -0.05) is 29.8 Å². The second-order valence-electron chi connectivity index (χ2n) is 3.85. The second-order valence-corrected chi connectivity index (χ2v) is 4.71. The van der Waals surface area contributed by atoms with Gasteiger partial charge in [-0.05, 0) is 19.4 Å². The number of nitrogens with zero attached hydrogens (tertiary/aromatic N) is 1. The number of benzene rings is 1. The molecule has 0 bridgehead atoms. The maximum Gasteiger partial charge on any atom is 0.179 e. The molecule has 0 aliphatic rings. The lowest BCUT2D eigenvalue weighted by atomic mass is 10.1.